The number of halogens is 1. The van der Waals surface area contributed by atoms with Crippen LogP contribution in [0.4, 0.5) is 4.39 Å². The summed E-state index contributed by atoms with van der Waals surface area (Å²) in [7, 11) is 1.51. The van der Waals surface area contributed by atoms with E-state index in [1.807, 2.05) is 13.0 Å². The Morgan fingerprint density at radius 3 is 2.65 bits per heavy atom. The third kappa shape index (κ3) is 6.30. The number of ether oxygens (including phenoxy) is 3. The standard InChI is InChI=1S/C24H23FN2O4/c1-3-30-22-11-10-19(14-23(22)29-2)24(28)27-26-15-17-6-5-9-21(13-17)31-16-18-7-4-8-20(25)12-18/h4-15H,3,16H2,1-2H3,(H,27,28)/b26-15+. The highest BCUT2D eigenvalue weighted by molar-refractivity contribution is 5.95. The van der Waals surface area contributed by atoms with Crippen molar-refractivity contribution in [2.24, 2.45) is 5.10 Å². The summed E-state index contributed by atoms with van der Waals surface area (Å²) in [6.45, 7) is 2.61. The van der Waals surface area contributed by atoms with Gasteiger partial charge in [-0.15, -0.1) is 0 Å². The summed E-state index contributed by atoms with van der Waals surface area (Å²) in [5.41, 5.74) is 4.35. The van der Waals surface area contributed by atoms with Gasteiger partial charge in [-0.05, 0) is 60.5 Å². The summed E-state index contributed by atoms with van der Waals surface area (Å²) in [6.07, 6.45) is 1.51. The molecule has 0 heterocycles. The lowest BCUT2D eigenvalue weighted by Gasteiger charge is -2.10. The third-order valence-corrected chi connectivity index (χ3v) is 4.26. The van der Waals surface area contributed by atoms with Crippen LogP contribution < -0.4 is 19.6 Å². The first-order valence-corrected chi connectivity index (χ1v) is 9.70. The van der Waals surface area contributed by atoms with Gasteiger partial charge in [0.25, 0.3) is 5.91 Å². The van der Waals surface area contributed by atoms with Crippen molar-refractivity contribution < 1.29 is 23.4 Å². The van der Waals surface area contributed by atoms with Crippen LogP contribution in [0.2, 0.25) is 0 Å². The molecule has 7 heteroatoms. The van der Waals surface area contributed by atoms with E-state index in [-0.39, 0.29) is 18.3 Å². The predicted molar refractivity (Wildman–Crippen MR) is 116 cm³/mol. The fraction of sp³-hybridized carbons (Fsp3) is 0.167. The zero-order valence-electron chi connectivity index (χ0n) is 17.3. The van der Waals surface area contributed by atoms with Crippen LogP contribution in [-0.4, -0.2) is 25.8 Å². The van der Waals surface area contributed by atoms with E-state index in [0.717, 1.165) is 11.1 Å². The summed E-state index contributed by atoms with van der Waals surface area (Å²) in [6, 6.07) is 18.4. The number of methoxy groups -OCH3 is 1. The summed E-state index contributed by atoms with van der Waals surface area (Å²) < 4.78 is 29.7. The Bertz CT molecular complexity index is 1070. The smallest absolute Gasteiger partial charge is 0.271 e. The largest absolute Gasteiger partial charge is 0.493 e. The molecule has 0 unspecified atom stereocenters. The lowest BCUT2D eigenvalue weighted by Crippen LogP contribution is -2.17. The quantitative estimate of drug-likeness (QED) is 0.405. The minimum Gasteiger partial charge on any atom is -0.493 e. The van der Waals surface area contributed by atoms with Crippen LogP contribution in [0.5, 0.6) is 17.2 Å². The Kier molecular flexibility index (Phi) is 7.59. The molecule has 31 heavy (non-hydrogen) atoms. The summed E-state index contributed by atoms with van der Waals surface area (Å²) >= 11 is 0. The van der Waals surface area contributed by atoms with Crippen molar-refractivity contribution in [2.45, 2.75) is 13.5 Å². The van der Waals surface area contributed by atoms with Gasteiger partial charge in [-0.3, -0.25) is 4.79 Å². The van der Waals surface area contributed by atoms with Crippen molar-refractivity contribution in [3.63, 3.8) is 0 Å². The maximum atomic E-state index is 13.3. The molecule has 0 aliphatic rings. The number of carbonyl (C=O) groups excluding carboxylic acids is 1. The van der Waals surface area contributed by atoms with Crippen molar-refractivity contribution in [1.82, 2.24) is 5.43 Å². The Labute approximate surface area is 180 Å². The molecule has 1 amide bonds. The number of carbonyl (C=O) groups is 1. The fourth-order valence-electron chi connectivity index (χ4n) is 2.79. The molecule has 0 spiro atoms. The number of rotatable bonds is 9. The molecule has 6 nitrogen and oxygen atoms in total. The maximum absolute atomic E-state index is 13.3. The molecule has 0 fully saturated rings. The van der Waals surface area contributed by atoms with Gasteiger partial charge >= 0.3 is 0 Å². The van der Waals surface area contributed by atoms with E-state index in [1.54, 1.807) is 48.5 Å². The SMILES string of the molecule is CCOc1ccc(C(=O)N/N=C/c2cccc(OCc3cccc(F)c3)c2)cc1OC. The summed E-state index contributed by atoms with van der Waals surface area (Å²) in [4.78, 5) is 12.3. The normalized spacial score (nSPS) is 10.7. The molecule has 0 radical (unpaired) electrons. The fourth-order valence-corrected chi connectivity index (χ4v) is 2.79. The average molecular weight is 422 g/mol. The van der Waals surface area contributed by atoms with Crippen LogP contribution in [-0.2, 0) is 6.61 Å². The average Bonchev–Trinajstić information content (AvgIpc) is 2.78. The highest BCUT2D eigenvalue weighted by Gasteiger charge is 2.10. The predicted octanol–water partition coefficient (Wildman–Crippen LogP) is 4.58. The van der Waals surface area contributed by atoms with Gasteiger partial charge in [-0.25, -0.2) is 9.82 Å². The first-order valence-electron chi connectivity index (χ1n) is 9.70. The molecule has 0 bridgehead atoms. The molecule has 3 rings (SSSR count). The van der Waals surface area contributed by atoms with Crippen LogP contribution in [0.25, 0.3) is 0 Å². The molecular formula is C24H23FN2O4. The van der Waals surface area contributed by atoms with E-state index in [1.165, 1.54) is 25.5 Å². The second-order valence-electron chi connectivity index (χ2n) is 6.49. The second kappa shape index (κ2) is 10.8. The zero-order chi connectivity index (χ0) is 22.1. The van der Waals surface area contributed by atoms with Crippen molar-refractivity contribution in [3.05, 3.63) is 89.2 Å². The van der Waals surface area contributed by atoms with E-state index >= 15 is 0 Å². The van der Waals surface area contributed by atoms with Crippen molar-refractivity contribution in [1.29, 1.82) is 0 Å². The van der Waals surface area contributed by atoms with Crippen LogP contribution in [0, 0.1) is 5.82 Å². The van der Waals surface area contributed by atoms with Crippen LogP contribution >= 0.6 is 0 Å². The maximum Gasteiger partial charge on any atom is 0.271 e. The molecule has 0 aromatic heterocycles. The Balaban J connectivity index is 1.59. The van der Waals surface area contributed by atoms with Crippen LogP contribution in [0.3, 0.4) is 0 Å². The molecule has 0 aliphatic heterocycles. The number of nitrogens with one attached hydrogen (secondary N) is 1. The number of hydrogen-bond acceptors (Lipinski definition) is 5. The van der Waals surface area contributed by atoms with E-state index in [4.69, 9.17) is 14.2 Å². The van der Waals surface area contributed by atoms with Crippen molar-refractivity contribution in [3.8, 4) is 17.2 Å². The van der Waals surface area contributed by atoms with Gasteiger partial charge in [0.05, 0.1) is 19.9 Å². The zero-order valence-corrected chi connectivity index (χ0v) is 17.3. The molecule has 0 aliphatic carbocycles. The summed E-state index contributed by atoms with van der Waals surface area (Å²) in [5.74, 6) is 0.969. The van der Waals surface area contributed by atoms with Gasteiger partial charge < -0.3 is 14.2 Å². The van der Waals surface area contributed by atoms with Gasteiger partial charge in [-0.2, -0.15) is 5.10 Å². The van der Waals surface area contributed by atoms with E-state index in [9.17, 15) is 9.18 Å². The molecule has 3 aromatic rings. The number of amides is 1. The first-order chi connectivity index (χ1) is 15.1. The summed E-state index contributed by atoms with van der Waals surface area (Å²) in [5, 5.41) is 4.00. The lowest BCUT2D eigenvalue weighted by molar-refractivity contribution is 0.0954. The molecule has 1 N–H and O–H groups in total. The monoisotopic (exact) mass is 422 g/mol. The molecule has 0 saturated carbocycles. The Morgan fingerprint density at radius 1 is 1.03 bits per heavy atom. The number of nitrogens with zero attached hydrogens (tertiary/aromatic N) is 1. The van der Waals surface area contributed by atoms with Gasteiger partial charge in [0.1, 0.15) is 18.2 Å². The highest BCUT2D eigenvalue weighted by Crippen LogP contribution is 2.28. The topological polar surface area (TPSA) is 69.2 Å². The second-order valence-corrected chi connectivity index (χ2v) is 6.49. The molecule has 160 valence electrons. The minimum absolute atomic E-state index is 0.245. The van der Waals surface area contributed by atoms with E-state index in [0.29, 0.717) is 29.4 Å². The molecule has 3 aromatic carbocycles. The third-order valence-electron chi connectivity index (χ3n) is 4.26. The van der Waals surface area contributed by atoms with Crippen molar-refractivity contribution >= 4 is 12.1 Å². The Morgan fingerprint density at radius 2 is 1.87 bits per heavy atom. The minimum atomic E-state index is -0.379. The van der Waals surface area contributed by atoms with Crippen LogP contribution in [0.15, 0.2) is 71.8 Å². The van der Waals surface area contributed by atoms with Crippen molar-refractivity contribution in [2.75, 3.05) is 13.7 Å². The van der Waals surface area contributed by atoms with E-state index < -0.39 is 0 Å². The lowest BCUT2D eigenvalue weighted by atomic mass is 10.2. The number of benzene rings is 3. The van der Waals surface area contributed by atoms with Gasteiger partial charge in [0.15, 0.2) is 11.5 Å². The Hall–Kier alpha value is -3.87. The molecule has 0 saturated heterocycles. The van der Waals surface area contributed by atoms with Gasteiger partial charge in [0.2, 0.25) is 0 Å². The highest BCUT2D eigenvalue weighted by atomic mass is 19.1. The van der Waals surface area contributed by atoms with Gasteiger partial charge in [-0.1, -0.05) is 24.3 Å². The number of hydrazone groups is 1. The molecule has 0 atom stereocenters. The first kappa shape index (κ1) is 21.8. The van der Waals surface area contributed by atoms with Crippen LogP contribution in [0.1, 0.15) is 28.4 Å². The van der Waals surface area contributed by atoms with E-state index in [2.05, 4.69) is 10.5 Å². The number of hydrogen-bond donors (Lipinski definition) is 1. The molecular weight excluding hydrogens is 399 g/mol. The van der Waals surface area contributed by atoms with Gasteiger partial charge in [0, 0.05) is 5.56 Å².